The van der Waals surface area contributed by atoms with Crippen molar-refractivity contribution in [1.82, 2.24) is 9.58 Å². The lowest BCUT2D eigenvalue weighted by Gasteiger charge is -2.28. The molecule has 2 heterocycles. The second kappa shape index (κ2) is 4.08. The topological polar surface area (TPSA) is 34.2 Å². The quantitative estimate of drug-likeness (QED) is 0.760. The van der Waals surface area contributed by atoms with Crippen LogP contribution in [0, 0.1) is 0 Å². The molecule has 0 radical (unpaired) electrons. The van der Waals surface area contributed by atoms with Gasteiger partial charge in [-0.15, -0.1) is 0 Å². The lowest BCUT2D eigenvalue weighted by Crippen LogP contribution is -2.29. The molecule has 2 N–H and O–H groups in total. The molecule has 1 aliphatic rings. The number of benzene rings is 1. The molecule has 3 heteroatoms. The summed E-state index contributed by atoms with van der Waals surface area (Å²) in [5.41, 5.74) is 2.57. The third kappa shape index (κ3) is 1.80. The highest BCUT2D eigenvalue weighted by Crippen LogP contribution is 2.33. The van der Waals surface area contributed by atoms with Gasteiger partial charge in [-0.2, -0.15) is 0 Å². The predicted octanol–water partition coefficient (Wildman–Crippen LogP) is 2.16. The molecule has 0 unspecified atom stereocenters. The van der Waals surface area contributed by atoms with E-state index in [1.54, 1.807) is 4.68 Å². The van der Waals surface area contributed by atoms with Gasteiger partial charge in [-0.05, 0) is 50.5 Å². The van der Waals surface area contributed by atoms with Crippen LogP contribution in [0.1, 0.15) is 24.3 Å². The van der Waals surface area contributed by atoms with E-state index in [-0.39, 0.29) is 0 Å². The summed E-state index contributed by atoms with van der Waals surface area (Å²) in [5.74, 6) is 6.68. The third-order valence-electron chi connectivity index (χ3n) is 3.93. The number of aromatic nitrogens is 1. The molecule has 0 atom stereocenters. The Bertz CT molecular complexity index is 521. The van der Waals surface area contributed by atoms with Crippen LogP contribution in [0.5, 0.6) is 0 Å². The molecule has 1 aromatic carbocycles. The first-order chi connectivity index (χ1) is 8.25. The number of nitrogens with zero attached hydrogens (tertiary/aromatic N) is 2. The summed E-state index contributed by atoms with van der Waals surface area (Å²) in [6, 6.07) is 8.42. The minimum absolute atomic E-state index is 0.667. The molecule has 17 heavy (non-hydrogen) atoms. The van der Waals surface area contributed by atoms with Crippen molar-refractivity contribution in [1.29, 1.82) is 0 Å². The van der Waals surface area contributed by atoms with Crippen LogP contribution in [-0.4, -0.2) is 29.7 Å². The van der Waals surface area contributed by atoms with Crippen LogP contribution < -0.4 is 5.84 Å². The zero-order valence-corrected chi connectivity index (χ0v) is 10.3. The highest BCUT2D eigenvalue weighted by atomic mass is 15.3. The first-order valence-electron chi connectivity index (χ1n) is 6.29. The van der Waals surface area contributed by atoms with Crippen LogP contribution in [0.25, 0.3) is 10.9 Å². The first kappa shape index (κ1) is 10.7. The highest BCUT2D eigenvalue weighted by Gasteiger charge is 2.21. The summed E-state index contributed by atoms with van der Waals surface area (Å²) in [4.78, 5) is 2.40. The van der Waals surface area contributed by atoms with Gasteiger partial charge in [0, 0.05) is 11.6 Å². The number of rotatable bonds is 1. The lowest BCUT2D eigenvalue weighted by molar-refractivity contribution is 0.256. The van der Waals surface area contributed by atoms with Crippen molar-refractivity contribution in [3.63, 3.8) is 0 Å². The van der Waals surface area contributed by atoms with Gasteiger partial charge in [0.25, 0.3) is 0 Å². The van der Waals surface area contributed by atoms with Crippen molar-refractivity contribution in [3.8, 4) is 0 Å². The van der Waals surface area contributed by atoms with Crippen LogP contribution in [0.15, 0.2) is 30.5 Å². The number of piperidine rings is 1. The zero-order chi connectivity index (χ0) is 11.8. The Kier molecular flexibility index (Phi) is 2.56. The van der Waals surface area contributed by atoms with Crippen LogP contribution in [-0.2, 0) is 0 Å². The minimum Gasteiger partial charge on any atom is -0.339 e. The summed E-state index contributed by atoms with van der Waals surface area (Å²) < 4.78 is 1.77. The average molecular weight is 229 g/mol. The maximum atomic E-state index is 6.02. The number of hydrogen-bond donors (Lipinski definition) is 1. The molecule has 0 spiro atoms. The Balaban J connectivity index is 2.00. The summed E-state index contributed by atoms with van der Waals surface area (Å²) in [6.07, 6.45) is 4.59. The SMILES string of the molecule is CN1CCC(c2cn(N)c3ccccc23)CC1. The first-order valence-corrected chi connectivity index (χ1v) is 6.29. The van der Waals surface area contributed by atoms with Gasteiger partial charge in [0.1, 0.15) is 0 Å². The maximum absolute atomic E-state index is 6.02. The van der Waals surface area contributed by atoms with Crippen LogP contribution in [0.2, 0.25) is 0 Å². The normalized spacial score (nSPS) is 18.9. The predicted molar refractivity (Wildman–Crippen MR) is 71.6 cm³/mol. The van der Waals surface area contributed by atoms with Crippen molar-refractivity contribution >= 4 is 10.9 Å². The maximum Gasteiger partial charge on any atom is 0.0693 e. The van der Waals surface area contributed by atoms with E-state index in [0.717, 1.165) is 5.52 Å². The molecular formula is C14H19N3. The number of likely N-dealkylation sites (tertiary alicyclic amines) is 1. The molecule has 0 aliphatic carbocycles. The van der Waals surface area contributed by atoms with Crippen molar-refractivity contribution < 1.29 is 0 Å². The Morgan fingerprint density at radius 1 is 1.18 bits per heavy atom. The Hall–Kier alpha value is -1.48. The highest BCUT2D eigenvalue weighted by molar-refractivity contribution is 5.84. The Morgan fingerprint density at radius 3 is 2.65 bits per heavy atom. The smallest absolute Gasteiger partial charge is 0.0693 e. The van der Waals surface area contributed by atoms with Gasteiger partial charge >= 0.3 is 0 Å². The van der Waals surface area contributed by atoms with Crippen molar-refractivity contribution in [3.05, 3.63) is 36.0 Å². The fourth-order valence-corrected chi connectivity index (χ4v) is 2.88. The number of para-hydroxylation sites is 1. The van der Waals surface area contributed by atoms with Crippen molar-refractivity contribution in [2.24, 2.45) is 0 Å². The zero-order valence-electron chi connectivity index (χ0n) is 10.3. The molecule has 1 fully saturated rings. The molecule has 1 aromatic heterocycles. The minimum atomic E-state index is 0.667. The van der Waals surface area contributed by atoms with Crippen molar-refractivity contribution in [2.45, 2.75) is 18.8 Å². The van der Waals surface area contributed by atoms with E-state index in [4.69, 9.17) is 5.84 Å². The Morgan fingerprint density at radius 2 is 1.88 bits per heavy atom. The fourth-order valence-electron chi connectivity index (χ4n) is 2.88. The average Bonchev–Trinajstić information content (AvgIpc) is 2.69. The van der Waals surface area contributed by atoms with Gasteiger partial charge < -0.3 is 10.7 Å². The van der Waals surface area contributed by atoms with E-state index in [0.29, 0.717) is 5.92 Å². The number of nitrogen functional groups attached to an aromatic ring is 1. The van der Waals surface area contributed by atoms with Gasteiger partial charge in [0.2, 0.25) is 0 Å². The summed E-state index contributed by atoms with van der Waals surface area (Å²) >= 11 is 0. The van der Waals surface area contributed by atoms with Crippen molar-refractivity contribution in [2.75, 3.05) is 26.0 Å². The standard InChI is InChI=1S/C14H19N3/c1-16-8-6-11(7-9-16)13-10-17(15)14-5-3-2-4-12(13)14/h2-5,10-11H,6-9,15H2,1H3. The lowest BCUT2D eigenvalue weighted by atomic mass is 9.89. The van der Waals surface area contributed by atoms with E-state index in [9.17, 15) is 0 Å². The summed E-state index contributed by atoms with van der Waals surface area (Å²) in [7, 11) is 2.20. The molecular weight excluding hydrogens is 210 g/mol. The molecule has 1 aliphatic heterocycles. The van der Waals surface area contributed by atoms with Gasteiger partial charge in [0.15, 0.2) is 0 Å². The second-order valence-corrected chi connectivity index (χ2v) is 5.09. The van der Waals surface area contributed by atoms with E-state index in [1.165, 1.54) is 36.9 Å². The molecule has 90 valence electrons. The summed E-state index contributed by atoms with van der Waals surface area (Å²) in [6.45, 7) is 2.38. The van der Waals surface area contributed by atoms with E-state index in [1.807, 2.05) is 6.07 Å². The number of nitrogens with two attached hydrogens (primary N) is 1. The number of hydrogen-bond acceptors (Lipinski definition) is 2. The van der Waals surface area contributed by atoms with Gasteiger partial charge in [-0.25, -0.2) is 0 Å². The monoisotopic (exact) mass is 229 g/mol. The third-order valence-corrected chi connectivity index (χ3v) is 3.93. The van der Waals surface area contributed by atoms with Gasteiger partial charge in [-0.3, -0.25) is 4.68 Å². The molecule has 0 saturated carbocycles. The summed E-state index contributed by atoms with van der Waals surface area (Å²) in [5, 5.41) is 1.32. The van der Waals surface area contributed by atoms with E-state index in [2.05, 4.69) is 36.3 Å². The van der Waals surface area contributed by atoms with Gasteiger partial charge in [-0.1, -0.05) is 18.2 Å². The van der Waals surface area contributed by atoms with Gasteiger partial charge in [0.05, 0.1) is 5.52 Å². The second-order valence-electron chi connectivity index (χ2n) is 5.09. The molecule has 3 rings (SSSR count). The van der Waals surface area contributed by atoms with E-state index >= 15 is 0 Å². The van der Waals surface area contributed by atoms with E-state index < -0.39 is 0 Å². The molecule has 0 bridgehead atoms. The molecule has 0 amide bonds. The molecule has 2 aromatic rings. The Labute approximate surface area is 102 Å². The van der Waals surface area contributed by atoms with Crippen LogP contribution in [0.3, 0.4) is 0 Å². The largest absolute Gasteiger partial charge is 0.339 e. The van der Waals surface area contributed by atoms with Crippen LogP contribution in [0.4, 0.5) is 0 Å². The molecule has 1 saturated heterocycles. The molecule has 3 nitrogen and oxygen atoms in total. The van der Waals surface area contributed by atoms with Crippen LogP contribution >= 0.6 is 0 Å². The number of fused-ring (bicyclic) bond motifs is 1. The fraction of sp³-hybridized carbons (Fsp3) is 0.429.